The van der Waals surface area contributed by atoms with Crippen LogP contribution < -0.4 is 0 Å². The Kier molecular flexibility index (Phi) is 7.20. The SMILES string of the molecule is CC(C)(C)OC(=O)C1C(C(C)(C)C)C([N+](=O)[O-])C(c2ccccc2)N1C(=O)C1CCCCC1. The normalized spacial score (nSPS) is 26.8. The van der Waals surface area contributed by atoms with Crippen LogP contribution in [-0.4, -0.2) is 39.4 Å². The summed E-state index contributed by atoms with van der Waals surface area (Å²) >= 11 is 0. The largest absolute Gasteiger partial charge is 0.458 e. The Balaban J connectivity index is 2.20. The van der Waals surface area contributed by atoms with Crippen LogP contribution in [0.2, 0.25) is 0 Å². The third-order valence-corrected chi connectivity index (χ3v) is 6.87. The first-order valence-corrected chi connectivity index (χ1v) is 12.1. The van der Waals surface area contributed by atoms with Crippen LogP contribution in [-0.2, 0) is 14.3 Å². The van der Waals surface area contributed by atoms with E-state index in [2.05, 4.69) is 0 Å². The van der Waals surface area contributed by atoms with Gasteiger partial charge in [-0.2, -0.15) is 0 Å². The van der Waals surface area contributed by atoms with E-state index in [9.17, 15) is 19.7 Å². The van der Waals surface area contributed by atoms with Crippen LogP contribution in [0, 0.1) is 27.4 Å². The minimum Gasteiger partial charge on any atom is -0.458 e. The molecule has 0 radical (unpaired) electrons. The number of nitro groups is 1. The van der Waals surface area contributed by atoms with Crippen molar-refractivity contribution in [3.8, 4) is 0 Å². The summed E-state index contributed by atoms with van der Waals surface area (Å²) in [6, 6.07) is 6.18. The average Bonchev–Trinajstić information content (AvgIpc) is 3.10. The van der Waals surface area contributed by atoms with Crippen molar-refractivity contribution in [2.45, 2.75) is 97.4 Å². The third kappa shape index (κ3) is 5.39. The van der Waals surface area contributed by atoms with Crippen molar-refractivity contribution in [3.05, 3.63) is 46.0 Å². The molecule has 1 saturated heterocycles. The van der Waals surface area contributed by atoms with Gasteiger partial charge in [0.25, 0.3) is 0 Å². The Bertz CT molecular complexity index is 865. The number of amides is 1. The third-order valence-electron chi connectivity index (χ3n) is 6.87. The molecule has 0 spiro atoms. The van der Waals surface area contributed by atoms with Gasteiger partial charge in [-0.15, -0.1) is 0 Å². The van der Waals surface area contributed by atoms with Crippen LogP contribution in [0.4, 0.5) is 0 Å². The summed E-state index contributed by atoms with van der Waals surface area (Å²) in [6.45, 7) is 11.0. The van der Waals surface area contributed by atoms with Crippen LogP contribution in [0.3, 0.4) is 0 Å². The number of carbonyl (C=O) groups is 2. The number of likely N-dealkylation sites (tertiary alicyclic amines) is 1. The molecule has 0 bridgehead atoms. The summed E-state index contributed by atoms with van der Waals surface area (Å²) in [5.74, 6) is -1.63. The van der Waals surface area contributed by atoms with Crippen molar-refractivity contribution >= 4 is 11.9 Å². The molecule has 1 aromatic carbocycles. The quantitative estimate of drug-likeness (QED) is 0.353. The van der Waals surface area contributed by atoms with Gasteiger partial charge in [0.05, 0.1) is 5.92 Å². The number of rotatable bonds is 4. The number of esters is 1. The lowest BCUT2D eigenvalue weighted by Crippen LogP contribution is -2.51. The first kappa shape index (κ1) is 25.2. The molecule has 1 saturated carbocycles. The van der Waals surface area contributed by atoms with Gasteiger partial charge in [-0.3, -0.25) is 14.9 Å². The molecule has 0 N–H and O–H groups in total. The Morgan fingerprint density at radius 1 is 1.00 bits per heavy atom. The number of benzene rings is 1. The molecular weight excluding hydrogens is 420 g/mol. The van der Waals surface area contributed by atoms with Gasteiger partial charge < -0.3 is 9.64 Å². The molecule has 2 fully saturated rings. The fourth-order valence-electron chi connectivity index (χ4n) is 5.59. The number of carbonyl (C=O) groups excluding carboxylic acids is 2. The fourth-order valence-corrected chi connectivity index (χ4v) is 5.59. The highest BCUT2D eigenvalue weighted by molar-refractivity contribution is 5.88. The van der Waals surface area contributed by atoms with Gasteiger partial charge in [0.2, 0.25) is 11.9 Å². The molecule has 33 heavy (non-hydrogen) atoms. The van der Waals surface area contributed by atoms with Crippen LogP contribution in [0.25, 0.3) is 0 Å². The van der Waals surface area contributed by atoms with Crippen molar-refractivity contribution in [3.63, 3.8) is 0 Å². The zero-order valence-corrected chi connectivity index (χ0v) is 20.7. The Morgan fingerprint density at radius 2 is 1.58 bits per heavy atom. The van der Waals surface area contributed by atoms with Gasteiger partial charge in [0.15, 0.2) is 0 Å². The van der Waals surface area contributed by atoms with E-state index >= 15 is 0 Å². The maximum absolute atomic E-state index is 14.0. The summed E-state index contributed by atoms with van der Waals surface area (Å²) in [4.78, 5) is 41.4. The fraction of sp³-hybridized carbons (Fsp3) is 0.692. The predicted molar refractivity (Wildman–Crippen MR) is 126 cm³/mol. The highest BCUT2D eigenvalue weighted by atomic mass is 16.6. The number of nitrogens with zero attached hydrogens (tertiary/aromatic N) is 2. The van der Waals surface area contributed by atoms with E-state index in [1.165, 1.54) is 0 Å². The molecular formula is C26H38N2O5. The molecule has 7 heteroatoms. The number of hydrogen-bond acceptors (Lipinski definition) is 5. The predicted octanol–water partition coefficient (Wildman–Crippen LogP) is 5.17. The second-order valence-corrected chi connectivity index (χ2v) is 11.6. The van der Waals surface area contributed by atoms with Gasteiger partial charge >= 0.3 is 5.97 Å². The standard InChI is InChI=1S/C26H38N2O5/c1-25(2,3)19-21(28(31)32)20(17-13-9-7-10-14-17)27(22(19)24(30)33-26(4,5)6)23(29)18-15-11-8-12-16-18/h7,9-10,13-14,18-22H,8,11-12,15-16H2,1-6H3. The maximum Gasteiger partial charge on any atom is 0.329 e. The van der Waals surface area contributed by atoms with Crippen LogP contribution >= 0.6 is 0 Å². The van der Waals surface area contributed by atoms with Crippen LogP contribution in [0.5, 0.6) is 0 Å². The van der Waals surface area contributed by atoms with Crippen molar-refractivity contribution < 1.29 is 19.2 Å². The smallest absolute Gasteiger partial charge is 0.329 e. The van der Waals surface area contributed by atoms with E-state index in [-0.39, 0.29) is 16.7 Å². The van der Waals surface area contributed by atoms with Crippen LogP contribution in [0.15, 0.2) is 30.3 Å². The molecule has 3 rings (SSSR count). The first-order valence-electron chi connectivity index (χ1n) is 12.1. The van der Waals surface area contributed by atoms with E-state index in [1.807, 2.05) is 51.1 Å². The lowest BCUT2D eigenvalue weighted by molar-refractivity contribution is -0.536. The van der Waals surface area contributed by atoms with Gasteiger partial charge in [0, 0.05) is 10.8 Å². The van der Waals surface area contributed by atoms with Gasteiger partial charge in [-0.05, 0) is 44.6 Å². The minimum absolute atomic E-state index is 0.155. The van der Waals surface area contributed by atoms with Gasteiger partial charge in [-0.1, -0.05) is 70.4 Å². The van der Waals surface area contributed by atoms with Crippen molar-refractivity contribution in [2.24, 2.45) is 17.3 Å². The second kappa shape index (κ2) is 9.43. The minimum atomic E-state index is -1.11. The molecule has 4 unspecified atom stereocenters. The van der Waals surface area contributed by atoms with E-state index < -0.39 is 41.0 Å². The van der Waals surface area contributed by atoms with Crippen molar-refractivity contribution in [2.75, 3.05) is 0 Å². The summed E-state index contributed by atoms with van der Waals surface area (Å²) in [5, 5.41) is 12.6. The summed E-state index contributed by atoms with van der Waals surface area (Å²) < 4.78 is 5.77. The number of hydrogen-bond donors (Lipinski definition) is 0. The zero-order chi connectivity index (χ0) is 24.6. The highest BCUT2D eigenvalue weighted by Crippen LogP contribution is 2.50. The maximum atomic E-state index is 14.0. The van der Waals surface area contributed by atoms with E-state index in [0.29, 0.717) is 5.56 Å². The summed E-state index contributed by atoms with van der Waals surface area (Å²) in [6.07, 6.45) is 4.50. The lowest BCUT2D eigenvalue weighted by atomic mass is 9.72. The molecule has 7 nitrogen and oxygen atoms in total. The van der Waals surface area contributed by atoms with Gasteiger partial charge in [-0.25, -0.2) is 4.79 Å². The van der Waals surface area contributed by atoms with E-state index in [0.717, 1.165) is 32.1 Å². The molecule has 0 aromatic heterocycles. The van der Waals surface area contributed by atoms with Crippen molar-refractivity contribution in [1.29, 1.82) is 0 Å². The molecule has 1 aliphatic heterocycles. The van der Waals surface area contributed by atoms with Crippen molar-refractivity contribution in [1.82, 2.24) is 4.90 Å². The monoisotopic (exact) mass is 458 g/mol. The average molecular weight is 459 g/mol. The zero-order valence-electron chi connectivity index (χ0n) is 20.7. The summed E-state index contributed by atoms with van der Waals surface area (Å²) in [7, 11) is 0. The molecule has 1 aromatic rings. The Morgan fingerprint density at radius 3 is 2.06 bits per heavy atom. The highest BCUT2D eigenvalue weighted by Gasteiger charge is 2.64. The topological polar surface area (TPSA) is 89.8 Å². The lowest BCUT2D eigenvalue weighted by Gasteiger charge is -2.37. The number of ether oxygens (including phenoxy) is 1. The molecule has 1 amide bonds. The van der Waals surface area contributed by atoms with E-state index in [1.54, 1.807) is 25.7 Å². The molecule has 2 aliphatic rings. The van der Waals surface area contributed by atoms with E-state index in [4.69, 9.17) is 4.74 Å². The molecule has 182 valence electrons. The Labute approximate surface area is 197 Å². The Hall–Kier alpha value is -2.44. The molecule has 4 atom stereocenters. The molecule has 1 aliphatic carbocycles. The van der Waals surface area contributed by atoms with Crippen LogP contribution in [0.1, 0.15) is 85.3 Å². The molecule has 1 heterocycles. The van der Waals surface area contributed by atoms with Gasteiger partial charge in [0.1, 0.15) is 17.7 Å². The first-order chi connectivity index (χ1) is 15.3. The second-order valence-electron chi connectivity index (χ2n) is 11.6. The summed E-state index contributed by atoms with van der Waals surface area (Å²) in [5.41, 5.74) is -0.689.